The molecule has 4 heteroatoms. The lowest BCUT2D eigenvalue weighted by atomic mass is 9.86. The number of hydrogen-bond donors (Lipinski definition) is 1. The molecule has 1 N–H and O–H groups in total. The normalized spacial score (nSPS) is 18.6. The Kier molecular flexibility index (Phi) is 4.55. The van der Waals surface area contributed by atoms with Gasteiger partial charge < -0.3 is 14.8 Å². The molecule has 2 rings (SSSR count). The SMILES string of the molecule is CNC(c1cc(F)ccc1OC)C1CCOCC1. The molecule has 0 saturated carbocycles. The molecule has 0 aliphatic carbocycles. The van der Waals surface area contributed by atoms with Crippen LogP contribution in [0.15, 0.2) is 18.2 Å². The van der Waals surface area contributed by atoms with Crippen molar-refractivity contribution in [1.82, 2.24) is 5.32 Å². The van der Waals surface area contributed by atoms with Crippen LogP contribution in [0.5, 0.6) is 5.75 Å². The van der Waals surface area contributed by atoms with Crippen molar-refractivity contribution in [2.24, 2.45) is 5.92 Å². The van der Waals surface area contributed by atoms with E-state index >= 15 is 0 Å². The highest BCUT2D eigenvalue weighted by Gasteiger charge is 2.26. The van der Waals surface area contributed by atoms with Crippen LogP contribution in [-0.4, -0.2) is 27.4 Å². The van der Waals surface area contributed by atoms with Gasteiger partial charge in [-0.3, -0.25) is 0 Å². The maximum atomic E-state index is 13.4. The van der Waals surface area contributed by atoms with Gasteiger partial charge in [0.05, 0.1) is 7.11 Å². The molecule has 1 atom stereocenters. The van der Waals surface area contributed by atoms with Gasteiger partial charge >= 0.3 is 0 Å². The molecular weight excluding hydrogens is 233 g/mol. The largest absolute Gasteiger partial charge is 0.496 e. The maximum Gasteiger partial charge on any atom is 0.123 e. The van der Waals surface area contributed by atoms with Gasteiger partial charge in [0.1, 0.15) is 11.6 Å². The second-order valence-corrected chi connectivity index (χ2v) is 4.60. The Morgan fingerprint density at radius 2 is 2.11 bits per heavy atom. The predicted octanol–water partition coefficient (Wildman–Crippen LogP) is 2.52. The zero-order chi connectivity index (χ0) is 13.0. The first kappa shape index (κ1) is 13.3. The highest BCUT2D eigenvalue weighted by Crippen LogP contribution is 2.35. The monoisotopic (exact) mass is 253 g/mol. The highest BCUT2D eigenvalue weighted by atomic mass is 19.1. The van der Waals surface area contributed by atoms with Crippen LogP contribution in [0.4, 0.5) is 4.39 Å². The minimum absolute atomic E-state index is 0.111. The van der Waals surface area contributed by atoms with Gasteiger partial charge in [-0.2, -0.15) is 0 Å². The van der Waals surface area contributed by atoms with Crippen molar-refractivity contribution in [3.05, 3.63) is 29.6 Å². The van der Waals surface area contributed by atoms with Crippen LogP contribution in [0, 0.1) is 11.7 Å². The summed E-state index contributed by atoms with van der Waals surface area (Å²) in [5.41, 5.74) is 0.895. The quantitative estimate of drug-likeness (QED) is 0.894. The molecular formula is C14H20FNO2. The molecule has 0 radical (unpaired) electrons. The van der Waals surface area contributed by atoms with Gasteiger partial charge in [0.2, 0.25) is 0 Å². The fourth-order valence-electron chi connectivity index (χ4n) is 2.64. The van der Waals surface area contributed by atoms with Crippen molar-refractivity contribution >= 4 is 0 Å². The summed E-state index contributed by atoms with van der Waals surface area (Å²) in [6, 6.07) is 4.79. The molecule has 0 spiro atoms. The van der Waals surface area contributed by atoms with Crippen molar-refractivity contribution < 1.29 is 13.9 Å². The van der Waals surface area contributed by atoms with Crippen molar-refractivity contribution in [3.8, 4) is 5.75 Å². The van der Waals surface area contributed by atoms with Crippen molar-refractivity contribution in [2.45, 2.75) is 18.9 Å². The summed E-state index contributed by atoms with van der Waals surface area (Å²) in [6.07, 6.45) is 1.98. The number of halogens is 1. The van der Waals surface area contributed by atoms with Crippen molar-refractivity contribution in [2.75, 3.05) is 27.4 Å². The summed E-state index contributed by atoms with van der Waals surface area (Å²) in [4.78, 5) is 0. The van der Waals surface area contributed by atoms with E-state index in [2.05, 4.69) is 5.32 Å². The van der Waals surface area contributed by atoms with E-state index in [1.807, 2.05) is 7.05 Å². The summed E-state index contributed by atoms with van der Waals surface area (Å²) in [5, 5.41) is 3.29. The topological polar surface area (TPSA) is 30.5 Å². The van der Waals surface area contributed by atoms with Crippen LogP contribution in [0.3, 0.4) is 0 Å². The fourth-order valence-corrected chi connectivity index (χ4v) is 2.64. The van der Waals surface area contributed by atoms with Gasteiger partial charge in [-0.1, -0.05) is 0 Å². The molecule has 1 aliphatic heterocycles. The number of nitrogens with one attached hydrogen (secondary N) is 1. The third-order valence-corrected chi connectivity index (χ3v) is 3.58. The predicted molar refractivity (Wildman–Crippen MR) is 68.3 cm³/mol. The number of benzene rings is 1. The van der Waals surface area contributed by atoms with E-state index in [-0.39, 0.29) is 11.9 Å². The van der Waals surface area contributed by atoms with Gasteiger partial charge in [-0.15, -0.1) is 0 Å². The smallest absolute Gasteiger partial charge is 0.123 e. The molecule has 1 fully saturated rings. The Bertz CT molecular complexity index is 391. The minimum Gasteiger partial charge on any atom is -0.496 e. The lowest BCUT2D eigenvalue weighted by Gasteiger charge is -2.31. The van der Waals surface area contributed by atoms with Crippen LogP contribution < -0.4 is 10.1 Å². The molecule has 1 saturated heterocycles. The summed E-state index contributed by atoms with van der Waals surface area (Å²) in [5.74, 6) is 0.972. The Hall–Kier alpha value is -1.13. The molecule has 1 aliphatic rings. The molecule has 1 aromatic carbocycles. The minimum atomic E-state index is -0.224. The van der Waals surface area contributed by atoms with Gasteiger partial charge in [-0.25, -0.2) is 4.39 Å². The first-order chi connectivity index (χ1) is 8.76. The lowest BCUT2D eigenvalue weighted by molar-refractivity contribution is 0.0542. The van der Waals surface area contributed by atoms with E-state index in [1.54, 1.807) is 19.2 Å². The van der Waals surface area contributed by atoms with E-state index in [4.69, 9.17) is 9.47 Å². The summed E-state index contributed by atoms with van der Waals surface area (Å²) < 4.78 is 24.2. The van der Waals surface area contributed by atoms with E-state index in [1.165, 1.54) is 6.07 Å². The first-order valence-corrected chi connectivity index (χ1v) is 6.34. The Balaban J connectivity index is 2.27. The molecule has 3 nitrogen and oxygen atoms in total. The van der Waals surface area contributed by atoms with E-state index in [0.717, 1.165) is 37.4 Å². The third kappa shape index (κ3) is 2.82. The van der Waals surface area contributed by atoms with Crippen LogP contribution in [0.1, 0.15) is 24.4 Å². The molecule has 18 heavy (non-hydrogen) atoms. The van der Waals surface area contributed by atoms with Crippen LogP contribution in [0.2, 0.25) is 0 Å². The molecule has 0 amide bonds. The van der Waals surface area contributed by atoms with E-state index in [9.17, 15) is 4.39 Å². The van der Waals surface area contributed by atoms with Crippen molar-refractivity contribution in [3.63, 3.8) is 0 Å². The Labute approximate surface area is 107 Å². The summed E-state index contributed by atoms with van der Waals surface area (Å²) >= 11 is 0. The standard InChI is InChI=1S/C14H20FNO2/c1-16-14(10-5-7-18-8-6-10)12-9-11(15)3-4-13(12)17-2/h3-4,9-10,14,16H,5-8H2,1-2H3. The second-order valence-electron chi connectivity index (χ2n) is 4.60. The zero-order valence-corrected chi connectivity index (χ0v) is 10.9. The third-order valence-electron chi connectivity index (χ3n) is 3.58. The second kappa shape index (κ2) is 6.16. The summed E-state index contributed by atoms with van der Waals surface area (Å²) in [7, 11) is 3.53. The number of rotatable bonds is 4. The number of methoxy groups -OCH3 is 1. The molecule has 1 heterocycles. The average Bonchev–Trinajstić information content (AvgIpc) is 2.41. The van der Waals surface area contributed by atoms with Crippen LogP contribution in [0.25, 0.3) is 0 Å². The summed E-state index contributed by atoms with van der Waals surface area (Å²) in [6.45, 7) is 1.56. The number of ether oxygens (including phenoxy) is 2. The number of hydrogen-bond acceptors (Lipinski definition) is 3. The molecule has 1 unspecified atom stereocenters. The van der Waals surface area contributed by atoms with Crippen LogP contribution >= 0.6 is 0 Å². The van der Waals surface area contributed by atoms with Crippen LogP contribution in [-0.2, 0) is 4.74 Å². The van der Waals surface area contributed by atoms with Gasteiger partial charge in [0.25, 0.3) is 0 Å². The first-order valence-electron chi connectivity index (χ1n) is 6.34. The molecule has 0 aromatic heterocycles. The lowest BCUT2D eigenvalue weighted by Crippen LogP contribution is -2.30. The highest BCUT2D eigenvalue weighted by molar-refractivity contribution is 5.37. The van der Waals surface area contributed by atoms with Gasteiger partial charge in [-0.05, 0) is 44.0 Å². The average molecular weight is 253 g/mol. The Morgan fingerprint density at radius 1 is 1.39 bits per heavy atom. The van der Waals surface area contributed by atoms with Crippen molar-refractivity contribution in [1.29, 1.82) is 0 Å². The molecule has 0 bridgehead atoms. The van der Waals surface area contributed by atoms with Gasteiger partial charge in [0, 0.05) is 24.8 Å². The Morgan fingerprint density at radius 3 is 2.72 bits per heavy atom. The van der Waals surface area contributed by atoms with E-state index in [0.29, 0.717) is 5.92 Å². The van der Waals surface area contributed by atoms with E-state index < -0.39 is 0 Å². The fraction of sp³-hybridized carbons (Fsp3) is 0.571. The zero-order valence-electron chi connectivity index (χ0n) is 10.9. The molecule has 100 valence electrons. The maximum absolute atomic E-state index is 13.4. The molecule has 1 aromatic rings. The van der Waals surface area contributed by atoms with Gasteiger partial charge in [0.15, 0.2) is 0 Å².